The topological polar surface area (TPSA) is 52.3 Å². The van der Waals surface area contributed by atoms with Gasteiger partial charge in [-0.2, -0.15) is 0 Å². The number of benzene rings is 1. The third-order valence-electron chi connectivity index (χ3n) is 4.29. The molecule has 1 unspecified atom stereocenters. The van der Waals surface area contributed by atoms with E-state index in [4.69, 9.17) is 10.5 Å². The van der Waals surface area contributed by atoms with Crippen molar-refractivity contribution in [1.82, 2.24) is 0 Å². The van der Waals surface area contributed by atoms with Gasteiger partial charge in [-0.25, -0.2) is 0 Å². The van der Waals surface area contributed by atoms with E-state index >= 15 is 0 Å². The van der Waals surface area contributed by atoms with Gasteiger partial charge in [-0.15, -0.1) is 0 Å². The zero-order valence-corrected chi connectivity index (χ0v) is 13.7. The van der Waals surface area contributed by atoms with Crippen LogP contribution in [0.4, 0.5) is 0 Å². The van der Waals surface area contributed by atoms with E-state index in [1.165, 1.54) is 26.4 Å². The molecule has 0 spiro atoms. The van der Waals surface area contributed by atoms with Crippen molar-refractivity contribution in [2.45, 2.75) is 57.8 Å². The fraction of sp³-hybridized carbons (Fsp3) is 0.611. The zero-order valence-electron chi connectivity index (χ0n) is 13.7. The molecule has 0 aliphatic carbocycles. The van der Waals surface area contributed by atoms with Gasteiger partial charge in [0.25, 0.3) is 0 Å². The number of carbonyl (C=O) groups excluding carboxylic acids is 1. The number of ether oxygens (including phenoxy) is 1. The van der Waals surface area contributed by atoms with Crippen LogP contribution in [-0.2, 0) is 14.9 Å². The molecule has 118 valence electrons. The molecule has 1 aromatic carbocycles. The fourth-order valence-corrected chi connectivity index (χ4v) is 2.98. The van der Waals surface area contributed by atoms with Crippen LogP contribution in [0.3, 0.4) is 0 Å². The Bertz CT molecular complexity index is 445. The summed E-state index contributed by atoms with van der Waals surface area (Å²) in [4.78, 5) is 12.4. The lowest BCUT2D eigenvalue weighted by atomic mass is 9.74. The Morgan fingerprint density at radius 3 is 2.43 bits per heavy atom. The predicted molar refractivity (Wildman–Crippen MR) is 87.3 cm³/mol. The molecular weight excluding hydrogens is 262 g/mol. The van der Waals surface area contributed by atoms with E-state index in [1.807, 2.05) is 31.2 Å². The second kappa shape index (κ2) is 8.83. The van der Waals surface area contributed by atoms with Gasteiger partial charge >= 0.3 is 5.97 Å². The van der Waals surface area contributed by atoms with E-state index in [9.17, 15) is 4.79 Å². The van der Waals surface area contributed by atoms with Crippen molar-refractivity contribution in [3.63, 3.8) is 0 Å². The maximum atomic E-state index is 12.4. The Morgan fingerprint density at radius 2 is 1.86 bits per heavy atom. The molecule has 0 amide bonds. The Labute approximate surface area is 128 Å². The highest BCUT2D eigenvalue weighted by Crippen LogP contribution is 2.33. The zero-order chi connectivity index (χ0) is 15.7. The quantitative estimate of drug-likeness (QED) is 0.557. The number of aryl methyl sites for hydroxylation is 1. The number of carbonyl (C=O) groups is 1. The van der Waals surface area contributed by atoms with Crippen molar-refractivity contribution in [2.24, 2.45) is 5.73 Å². The number of hydrogen-bond acceptors (Lipinski definition) is 3. The highest BCUT2D eigenvalue weighted by Gasteiger charge is 2.40. The molecule has 0 saturated heterocycles. The fourth-order valence-electron chi connectivity index (χ4n) is 2.98. The maximum absolute atomic E-state index is 12.4. The molecule has 1 rings (SSSR count). The minimum atomic E-state index is -0.702. The van der Waals surface area contributed by atoms with E-state index < -0.39 is 5.41 Å². The van der Waals surface area contributed by atoms with Crippen molar-refractivity contribution in [3.05, 3.63) is 35.4 Å². The standard InChI is InChI=1S/C18H29NO2/c1-4-5-6-7-10-13-18(14-19,17(20)21-3)16-12-9-8-11-15(16)2/h8-9,11-12H,4-7,10,13-14,19H2,1-3H3. The number of hydrogen-bond donors (Lipinski definition) is 1. The number of methoxy groups -OCH3 is 1. The molecule has 0 aliphatic heterocycles. The highest BCUT2D eigenvalue weighted by molar-refractivity contribution is 5.84. The molecular formula is C18H29NO2. The summed E-state index contributed by atoms with van der Waals surface area (Å²) in [7, 11) is 1.45. The summed E-state index contributed by atoms with van der Waals surface area (Å²) in [6.45, 7) is 4.52. The van der Waals surface area contributed by atoms with E-state index in [2.05, 4.69) is 6.92 Å². The lowest BCUT2D eigenvalue weighted by Crippen LogP contribution is -2.44. The first-order chi connectivity index (χ1) is 10.1. The van der Waals surface area contributed by atoms with Gasteiger partial charge in [0.2, 0.25) is 0 Å². The molecule has 0 aliphatic rings. The number of nitrogens with two attached hydrogens (primary N) is 1. The van der Waals surface area contributed by atoms with Gasteiger partial charge in [-0.3, -0.25) is 4.79 Å². The molecule has 1 atom stereocenters. The Kier molecular flexibility index (Phi) is 7.44. The summed E-state index contributed by atoms with van der Waals surface area (Å²) < 4.78 is 5.08. The molecule has 0 radical (unpaired) electrons. The molecule has 3 heteroatoms. The van der Waals surface area contributed by atoms with Crippen molar-refractivity contribution in [1.29, 1.82) is 0 Å². The summed E-state index contributed by atoms with van der Waals surface area (Å²) in [6.07, 6.45) is 6.57. The van der Waals surface area contributed by atoms with Crippen LogP contribution in [0.5, 0.6) is 0 Å². The first-order valence-electron chi connectivity index (χ1n) is 7.97. The summed E-state index contributed by atoms with van der Waals surface area (Å²) >= 11 is 0. The molecule has 0 aromatic heterocycles. The predicted octanol–water partition coefficient (Wildman–Crippen LogP) is 3.73. The van der Waals surface area contributed by atoms with Crippen LogP contribution < -0.4 is 5.73 Å². The normalized spacial score (nSPS) is 13.7. The molecule has 2 N–H and O–H groups in total. The van der Waals surface area contributed by atoms with Gasteiger partial charge in [0.05, 0.1) is 7.11 Å². The van der Waals surface area contributed by atoms with Crippen molar-refractivity contribution in [3.8, 4) is 0 Å². The van der Waals surface area contributed by atoms with Gasteiger partial charge in [0.15, 0.2) is 0 Å². The average Bonchev–Trinajstić information content (AvgIpc) is 2.51. The van der Waals surface area contributed by atoms with E-state index in [0.29, 0.717) is 0 Å². The molecule has 0 heterocycles. The van der Waals surface area contributed by atoms with Gasteiger partial charge in [0.1, 0.15) is 5.41 Å². The van der Waals surface area contributed by atoms with Crippen LogP contribution in [0, 0.1) is 6.92 Å². The van der Waals surface area contributed by atoms with Gasteiger partial charge in [-0.05, 0) is 24.5 Å². The Morgan fingerprint density at radius 1 is 1.19 bits per heavy atom. The van der Waals surface area contributed by atoms with Gasteiger partial charge < -0.3 is 10.5 Å². The molecule has 3 nitrogen and oxygen atoms in total. The van der Waals surface area contributed by atoms with Crippen molar-refractivity contribution < 1.29 is 9.53 Å². The summed E-state index contributed by atoms with van der Waals surface area (Å²) in [6, 6.07) is 7.98. The molecule has 0 fully saturated rings. The maximum Gasteiger partial charge on any atom is 0.317 e. The minimum absolute atomic E-state index is 0.213. The van der Waals surface area contributed by atoms with Crippen LogP contribution in [0.15, 0.2) is 24.3 Å². The third-order valence-corrected chi connectivity index (χ3v) is 4.29. The van der Waals surface area contributed by atoms with Gasteiger partial charge in [0, 0.05) is 6.54 Å². The number of unbranched alkanes of at least 4 members (excludes halogenated alkanes) is 4. The van der Waals surface area contributed by atoms with Crippen LogP contribution in [0.2, 0.25) is 0 Å². The summed E-state index contributed by atoms with van der Waals surface area (Å²) in [5.41, 5.74) is 7.43. The SMILES string of the molecule is CCCCCCCC(CN)(C(=O)OC)c1ccccc1C. The van der Waals surface area contributed by atoms with E-state index in [0.717, 1.165) is 30.4 Å². The highest BCUT2D eigenvalue weighted by atomic mass is 16.5. The second-order valence-corrected chi connectivity index (χ2v) is 5.76. The summed E-state index contributed by atoms with van der Waals surface area (Å²) in [5.74, 6) is -0.213. The number of esters is 1. The molecule has 1 aromatic rings. The molecule has 0 bridgehead atoms. The monoisotopic (exact) mass is 291 g/mol. The first-order valence-corrected chi connectivity index (χ1v) is 7.97. The van der Waals surface area contributed by atoms with Crippen molar-refractivity contribution >= 4 is 5.97 Å². The van der Waals surface area contributed by atoms with Crippen LogP contribution in [0.1, 0.15) is 56.6 Å². The van der Waals surface area contributed by atoms with Gasteiger partial charge in [-0.1, -0.05) is 63.3 Å². The Hall–Kier alpha value is -1.35. The lowest BCUT2D eigenvalue weighted by Gasteiger charge is -2.31. The Balaban J connectivity index is 2.95. The van der Waals surface area contributed by atoms with E-state index in [1.54, 1.807) is 0 Å². The van der Waals surface area contributed by atoms with E-state index in [-0.39, 0.29) is 12.5 Å². The number of rotatable bonds is 9. The van der Waals surface area contributed by atoms with Crippen molar-refractivity contribution in [2.75, 3.05) is 13.7 Å². The molecule has 21 heavy (non-hydrogen) atoms. The van der Waals surface area contributed by atoms with Crippen LogP contribution in [0.25, 0.3) is 0 Å². The largest absolute Gasteiger partial charge is 0.468 e. The first kappa shape index (κ1) is 17.7. The van der Waals surface area contributed by atoms with Crippen LogP contribution >= 0.6 is 0 Å². The summed E-state index contributed by atoms with van der Waals surface area (Å²) in [5, 5.41) is 0. The smallest absolute Gasteiger partial charge is 0.317 e. The molecule has 0 saturated carbocycles. The average molecular weight is 291 g/mol. The van der Waals surface area contributed by atoms with Crippen LogP contribution in [-0.4, -0.2) is 19.6 Å². The lowest BCUT2D eigenvalue weighted by molar-refractivity contribution is -0.147. The minimum Gasteiger partial charge on any atom is -0.468 e. The third kappa shape index (κ3) is 4.31. The second-order valence-electron chi connectivity index (χ2n) is 5.76.